The molecule has 1 atom stereocenters. The molecule has 0 unspecified atom stereocenters. The van der Waals surface area contributed by atoms with E-state index in [0.717, 1.165) is 0 Å². The molecule has 2 rings (SSSR count). The number of rotatable bonds is 2. The lowest BCUT2D eigenvalue weighted by Crippen LogP contribution is -2.29. The highest BCUT2D eigenvalue weighted by molar-refractivity contribution is 5.87. The van der Waals surface area contributed by atoms with Crippen LogP contribution in [0.1, 0.15) is 10.4 Å². The van der Waals surface area contributed by atoms with Gasteiger partial charge in [-0.1, -0.05) is 18.2 Å². The number of alkyl carbamates (subject to hydrolysis) is 1. The second-order valence-electron chi connectivity index (χ2n) is 3.29. The Bertz CT molecular complexity index is 379. The number of amides is 1. The van der Waals surface area contributed by atoms with Crippen molar-refractivity contribution in [1.82, 2.24) is 5.32 Å². The van der Waals surface area contributed by atoms with Crippen molar-refractivity contribution in [3.05, 3.63) is 35.9 Å². The summed E-state index contributed by atoms with van der Waals surface area (Å²) in [5.74, 6) is -0.879. The molecule has 0 radical (unpaired) electrons. The molecule has 0 bridgehead atoms. The number of ether oxygens (including phenoxy) is 1. The van der Waals surface area contributed by atoms with E-state index in [1.165, 1.54) is 0 Å². The Labute approximate surface area is 97.8 Å². The zero-order valence-electron chi connectivity index (χ0n) is 9.00. The normalized spacial score (nSPS) is 17.5. The van der Waals surface area contributed by atoms with Gasteiger partial charge in [-0.05, 0) is 12.1 Å². The van der Waals surface area contributed by atoms with Crippen molar-refractivity contribution >= 4 is 12.1 Å². The predicted molar refractivity (Wildman–Crippen MR) is 58.8 cm³/mol. The molecule has 17 heavy (non-hydrogen) atoms. The number of aliphatic hydroxyl groups is 1. The maximum Gasteiger partial charge on any atom is 0.407 e. The number of aliphatic hydroxyl groups excluding tert-OH is 1. The van der Waals surface area contributed by atoms with Crippen LogP contribution >= 0.6 is 0 Å². The largest absolute Gasteiger partial charge is 0.478 e. The first-order chi connectivity index (χ1) is 8.13. The molecule has 92 valence electrons. The van der Waals surface area contributed by atoms with Gasteiger partial charge in [-0.25, -0.2) is 9.59 Å². The second-order valence-corrected chi connectivity index (χ2v) is 3.29. The molecule has 1 aliphatic rings. The average molecular weight is 239 g/mol. The van der Waals surface area contributed by atoms with E-state index in [1.807, 2.05) is 0 Å². The highest BCUT2D eigenvalue weighted by atomic mass is 16.6. The van der Waals surface area contributed by atoms with Crippen molar-refractivity contribution in [2.45, 2.75) is 6.04 Å². The van der Waals surface area contributed by atoms with Crippen LogP contribution in [0.4, 0.5) is 4.79 Å². The Kier molecular flexibility index (Phi) is 4.96. The van der Waals surface area contributed by atoms with Gasteiger partial charge in [0.05, 0.1) is 18.2 Å². The molecule has 3 N–H and O–H groups in total. The number of carbonyl (C=O) groups is 2. The SMILES string of the molecule is O=C(O)c1ccccc1.O=C1N[C@H](CO)CO1. The van der Waals surface area contributed by atoms with Gasteiger partial charge in [0.25, 0.3) is 0 Å². The number of hydrogen-bond acceptors (Lipinski definition) is 4. The fourth-order valence-corrected chi connectivity index (χ4v) is 1.11. The molecule has 1 aromatic carbocycles. The molecule has 1 fully saturated rings. The Morgan fingerprint density at radius 3 is 2.35 bits per heavy atom. The standard InChI is InChI=1S/C7H6O2.C4H7NO3/c8-7(9)6-4-2-1-3-5-6;6-1-3-2-8-4(7)5-3/h1-5H,(H,8,9);3,6H,1-2H2,(H,5,7)/t;3-/m.1/s1. The molecule has 0 spiro atoms. The van der Waals surface area contributed by atoms with Crippen LogP contribution in [-0.2, 0) is 4.74 Å². The van der Waals surface area contributed by atoms with Gasteiger partial charge in [-0.15, -0.1) is 0 Å². The maximum atomic E-state index is 10.2. The highest BCUT2D eigenvalue weighted by Gasteiger charge is 2.20. The third-order valence-corrected chi connectivity index (χ3v) is 1.98. The summed E-state index contributed by atoms with van der Waals surface area (Å²) in [6.45, 7) is 0.237. The fourth-order valence-electron chi connectivity index (χ4n) is 1.11. The third kappa shape index (κ3) is 4.52. The summed E-state index contributed by atoms with van der Waals surface area (Å²) in [4.78, 5) is 20.4. The second kappa shape index (κ2) is 6.49. The van der Waals surface area contributed by atoms with Crippen LogP contribution in [0.25, 0.3) is 0 Å². The van der Waals surface area contributed by atoms with E-state index < -0.39 is 12.1 Å². The van der Waals surface area contributed by atoms with Gasteiger partial charge in [0.15, 0.2) is 0 Å². The molecule has 6 nitrogen and oxygen atoms in total. The zero-order chi connectivity index (χ0) is 12.7. The Morgan fingerprint density at radius 1 is 1.41 bits per heavy atom. The molecule has 1 aliphatic heterocycles. The van der Waals surface area contributed by atoms with Crippen LogP contribution in [0.2, 0.25) is 0 Å². The predicted octanol–water partition coefficient (Wildman–Crippen LogP) is 0.472. The monoisotopic (exact) mass is 239 g/mol. The summed E-state index contributed by atoms with van der Waals surface area (Å²) < 4.78 is 4.45. The van der Waals surface area contributed by atoms with Gasteiger partial charge in [-0.2, -0.15) is 0 Å². The summed E-state index contributed by atoms with van der Waals surface area (Å²) >= 11 is 0. The maximum absolute atomic E-state index is 10.2. The van der Waals surface area contributed by atoms with E-state index in [4.69, 9.17) is 10.2 Å². The van der Waals surface area contributed by atoms with Gasteiger partial charge < -0.3 is 20.3 Å². The zero-order valence-corrected chi connectivity index (χ0v) is 9.00. The van der Waals surface area contributed by atoms with Crippen LogP contribution in [0.3, 0.4) is 0 Å². The van der Waals surface area contributed by atoms with Gasteiger partial charge in [0, 0.05) is 0 Å². The van der Waals surface area contributed by atoms with Gasteiger partial charge in [-0.3, -0.25) is 0 Å². The minimum atomic E-state index is -0.879. The first-order valence-corrected chi connectivity index (χ1v) is 4.96. The number of hydrogen-bond donors (Lipinski definition) is 3. The molecule has 0 aromatic heterocycles. The summed E-state index contributed by atoms with van der Waals surface area (Å²) in [5.41, 5.74) is 0.331. The number of benzene rings is 1. The minimum absolute atomic E-state index is 0.0499. The summed E-state index contributed by atoms with van der Waals surface area (Å²) in [6, 6.07) is 8.10. The van der Waals surface area contributed by atoms with E-state index in [2.05, 4.69) is 10.1 Å². The lowest BCUT2D eigenvalue weighted by molar-refractivity contribution is 0.0697. The molecule has 1 heterocycles. The van der Waals surface area contributed by atoms with Crippen LogP contribution in [0, 0.1) is 0 Å². The molecule has 0 aliphatic carbocycles. The number of aromatic carboxylic acids is 1. The lowest BCUT2D eigenvalue weighted by atomic mass is 10.2. The van der Waals surface area contributed by atoms with E-state index >= 15 is 0 Å². The van der Waals surface area contributed by atoms with Crippen molar-refractivity contribution in [2.75, 3.05) is 13.2 Å². The first-order valence-electron chi connectivity index (χ1n) is 4.96. The molecule has 1 saturated heterocycles. The molecule has 1 amide bonds. The van der Waals surface area contributed by atoms with E-state index in [-0.39, 0.29) is 19.3 Å². The average Bonchev–Trinajstić information content (AvgIpc) is 2.77. The summed E-state index contributed by atoms with van der Waals surface area (Å²) in [6.07, 6.45) is -0.441. The van der Waals surface area contributed by atoms with E-state index in [9.17, 15) is 9.59 Å². The Hall–Kier alpha value is -2.08. The molecule has 1 aromatic rings. The van der Waals surface area contributed by atoms with Crippen molar-refractivity contribution in [1.29, 1.82) is 0 Å². The van der Waals surface area contributed by atoms with Crippen molar-refractivity contribution in [3.8, 4) is 0 Å². The Morgan fingerprint density at radius 2 is 2.06 bits per heavy atom. The summed E-state index contributed by atoms with van der Waals surface area (Å²) in [7, 11) is 0. The van der Waals surface area contributed by atoms with E-state index in [1.54, 1.807) is 30.3 Å². The van der Waals surface area contributed by atoms with Crippen LogP contribution in [0.15, 0.2) is 30.3 Å². The van der Waals surface area contributed by atoms with E-state index in [0.29, 0.717) is 5.56 Å². The van der Waals surface area contributed by atoms with Gasteiger partial charge in [0.1, 0.15) is 6.61 Å². The smallest absolute Gasteiger partial charge is 0.407 e. The first kappa shape index (κ1) is 13.0. The minimum Gasteiger partial charge on any atom is -0.478 e. The highest BCUT2D eigenvalue weighted by Crippen LogP contribution is 1.96. The molecule has 0 saturated carbocycles. The van der Waals surface area contributed by atoms with Crippen LogP contribution < -0.4 is 5.32 Å². The van der Waals surface area contributed by atoms with Gasteiger partial charge in [0.2, 0.25) is 0 Å². The topological polar surface area (TPSA) is 95.9 Å². The van der Waals surface area contributed by atoms with Gasteiger partial charge >= 0.3 is 12.1 Å². The van der Waals surface area contributed by atoms with Crippen molar-refractivity contribution < 1.29 is 24.5 Å². The quantitative estimate of drug-likeness (QED) is 0.697. The fraction of sp³-hybridized carbons (Fsp3) is 0.273. The molecular formula is C11H13NO5. The molecular weight excluding hydrogens is 226 g/mol. The number of nitrogens with one attached hydrogen (secondary N) is 1. The van der Waals surface area contributed by atoms with Crippen LogP contribution in [0.5, 0.6) is 0 Å². The third-order valence-electron chi connectivity index (χ3n) is 1.98. The van der Waals surface area contributed by atoms with Crippen LogP contribution in [-0.4, -0.2) is 41.5 Å². The number of carbonyl (C=O) groups excluding carboxylic acids is 1. The number of carboxylic acids is 1. The number of cyclic esters (lactones) is 1. The summed E-state index contributed by atoms with van der Waals surface area (Å²) in [5, 5.41) is 19.2. The Balaban J connectivity index is 0.000000171. The lowest BCUT2D eigenvalue weighted by Gasteiger charge is -1.97. The van der Waals surface area contributed by atoms with Crippen molar-refractivity contribution in [2.24, 2.45) is 0 Å². The van der Waals surface area contributed by atoms with Crippen molar-refractivity contribution in [3.63, 3.8) is 0 Å². The molecule has 6 heteroatoms. The number of carboxylic acid groups (broad SMARTS) is 1.